The van der Waals surface area contributed by atoms with E-state index in [9.17, 15) is 4.79 Å². The summed E-state index contributed by atoms with van der Waals surface area (Å²) in [6.45, 7) is 4.67. The molecular weight excluding hydrogens is 342 g/mol. The summed E-state index contributed by atoms with van der Waals surface area (Å²) in [5.41, 5.74) is 7.65. The van der Waals surface area contributed by atoms with E-state index in [1.165, 1.54) is 5.56 Å². The number of hydrogen-bond acceptors (Lipinski definition) is 1. The van der Waals surface area contributed by atoms with Crippen molar-refractivity contribution in [2.24, 2.45) is 0 Å². The third-order valence-corrected chi connectivity index (χ3v) is 5.07. The minimum absolute atomic E-state index is 0.0388. The van der Waals surface area contributed by atoms with Gasteiger partial charge in [-0.3, -0.25) is 4.79 Å². The summed E-state index contributed by atoms with van der Waals surface area (Å²) in [4.78, 5) is 14.7. The van der Waals surface area contributed by atoms with Gasteiger partial charge in [-0.15, -0.1) is 0 Å². The lowest BCUT2D eigenvalue weighted by Crippen LogP contribution is -2.25. The maximum absolute atomic E-state index is 12.8. The van der Waals surface area contributed by atoms with Crippen molar-refractivity contribution in [3.63, 3.8) is 0 Å². The molecule has 0 N–H and O–H groups in total. The molecule has 1 amide bonds. The Kier molecular flexibility index (Phi) is 4.94. The van der Waals surface area contributed by atoms with Crippen LogP contribution in [-0.4, -0.2) is 10.8 Å². The van der Waals surface area contributed by atoms with E-state index in [2.05, 4.69) is 55.5 Å². The predicted molar refractivity (Wildman–Crippen MR) is 114 cm³/mol. The molecule has 1 aliphatic rings. The van der Waals surface area contributed by atoms with Crippen molar-refractivity contribution in [2.45, 2.75) is 20.4 Å². The van der Waals surface area contributed by atoms with Crippen LogP contribution in [0.1, 0.15) is 29.2 Å². The molecule has 138 valence electrons. The zero-order valence-electron chi connectivity index (χ0n) is 16.2. The molecule has 0 saturated heterocycles. The van der Waals surface area contributed by atoms with Gasteiger partial charge in [0.25, 0.3) is 5.91 Å². The van der Waals surface area contributed by atoms with Crippen LogP contribution in [0.4, 0.5) is 0 Å². The number of aryl methyl sites for hydroxylation is 1. The molecule has 0 bridgehead atoms. The van der Waals surface area contributed by atoms with Crippen molar-refractivity contribution in [1.82, 2.24) is 4.90 Å². The van der Waals surface area contributed by atoms with Gasteiger partial charge in [0.15, 0.2) is 0 Å². The maximum Gasteiger partial charge on any atom is 0.251 e. The van der Waals surface area contributed by atoms with E-state index >= 15 is 0 Å². The topological polar surface area (TPSA) is 20.3 Å². The lowest BCUT2D eigenvalue weighted by Gasteiger charge is -2.24. The first-order valence-corrected chi connectivity index (χ1v) is 9.54. The zero-order valence-corrected chi connectivity index (χ0v) is 16.2. The number of carbonyl (C=O) groups excluding carboxylic acids is 1. The summed E-state index contributed by atoms with van der Waals surface area (Å²) in [6.07, 6.45) is 1.75. The number of benzene rings is 3. The van der Waals surface area contributed by atoms with Crippen molar-refractivity contribution in [3.05, 3.63) is 125 Å². The van der Waals surface area contributed by atoms with E-state index in [-0.39, 0.29) is 5.91 Å². The van der Waals surface area contributed by atoms with Crippen LogP contribution in [0.2, 0.25) is 0 Å². The van der Waals surface area contributed by atoms with Gasteiger partial charge in [0.05, 0.1) is 12.2 Å². The standard InChI is InChI=1S/C26H23NO/c1-19-13-15-23(16-14-19)25(22-11-7-4-8-12-22)26-20(2)17-24(28)27(26)18-21-9-5-3-6-10-21/h3-17H,18H2,1-2H3/b26-25+. The number of carbonyl (C=O) groups is 1. The molecule has 3 aromatic carbocycles. The second kappa shape index (κ2) is 7.69. The number of hydrogen-bond donors (Lipinski definition) is 0. The molecule has 4 rings (SSSR count). The summed E-state index contributed by atoms with van der Waals surface area (Å²) in [5, 5.41) is 0. The van der Waals surface area contributed by atoms with Crippen molar-refractivity contribution >= 4 is 11.5 Å². The minimum atomic E-state index is 0.0388. The Bertz CT molecular complexity index is 1040. The third-order valence-electron chi connectivity index (χ3n) is 5.07. The molecule has 3 aromatic rings. The minimum Gasteiger partial charge on any atom is -0.304 e. The van der Waals surface area contributed by atoms with Gasteiger partial charge in [-0.2, -0.15) is 0 Å². The van der Waals surface area contributed by atoms with Crippen LogP contribution in [0.15, 0.2) is 102 Å². The Balaban J connectivity index is 1.90. The van der Waals surface area contributed by atoms with E-state index in [4.69, 9.17) is 0 Å². The van der Waals surface area contributed by atoms with Gasteiger partial charge in [0, 0.05) is 11.6 Å². The first kappa shape index (κ1) is 18.0. The summed E-state index contributed by atoms with van der Waals surface area (Å²) >= 11 is 0. The summed E-state index contributed by atoms with van der Waals surface area (Å²) in [7, 11) is 0. The molecule has 0 aromatic heterocycles. The largest absolute Gasteiger partial charge is 0.304 e. The van der Waals surface area contributed by atoms with Gasteiger partial charge in [0.1, 0.15) is 0 Å². The highest BCUT2D eigenvalue weighted by atomic mass is 16.2. The molecule has 0 radical (unpaired) electrons. The smallest absolute Gasteiger partial charge is 0.251 e. The van der Waals surface area contributed by atoms with E-state index in [1.807, 2.05) is 48.2 Å². The Hall–Kier alpha value is -3.39. The molecule has 0 spiro atoms. The van der Waals surface area contributed by atoms with Gasteiger partial charge in [-0.25, -0.2) is 0 Å². The second-order valence-electron chi connectivity index (χ2n) is 7.19. The average Bonchev–Trinajstić information content (AvgIpc) is 2.99. The van der Waals surface area contributed by atoms with Crippen molar-refractivity contribution in [3.8, 4) is 0 Å². The Morgan fingerprint density at radius 2 is 1.32 bits per heavy atom. The quantitative estimate of drug-likeness (QED) is 0.577. The van der Waals surface area contributed by atoms with Gasteiger partial charge in [0.2, 0.25) is 0 Å². The van der Waals surface area contributed by atoms with Crippen LogP contribution < -0.4 is 0 Å². The fraction of sp³-hybridized carbons (Fsp3) is 0.115. The van der Waals surface area contributed by atoms with Crippen molar-refractivity contribution < 1.29 is 4.79 Å². The molecule has 2 heteroatoms. The van der Waals surface area contributed by atoms with E-state index in [0.29, 0.717) is 6.54 Å². The normalized spacial score (nSPS) is 15.6. The van der Waals surface area contributed by atoms with Crippen LogP contribution in [-0.2, 0) is 11.3 Å². The van der Waals surface area contributed by atoms with Gasteiger partial charge < -0.3 is 4.90 Å². The molecule has 0 aliphatic carbocycles. The van der Waals surface area contributed by atoms with E-state index in [0.717, 1.165) is 33.5 Å². The second-order valence-corrected chi connectivity index (χ2v) is 7.19. The van der Waals surface area contributed by atoms with Crippen LogP contribution in [0.5, 0.6) is 0 Å². The molecule has 0 saturated carbocycles. The van der Waals surface area contributed by atoms with Crippen molar-refractivity contribution in [1.29, 1.82) is 0 Å². The van der Waals surface area contributed by atoms with Gasteiger partial charge >= 0.3 is 0 Å². The van der Waals surface area contributed by atoms with E-state index in [1.54, 1.807) is 6.08 Å². The highest BCUT2D eigenvalue weighted by Crippen LogP contribution is 2.36. The van der Waals surface area contributed by atoms with Crippen LogP contribution >= 0.6 is 0 Å². The van der Waals surface area contributed by atoms with Crippen LogP contribution in [0, 0.1) is 6.92 Å². The Morgan fingerprint density at radius 3 is 1.96 bits per heavy atom. The lowest BCUT2D eigenvalue weighted by molar-refractivity contribution is -0.123. The zero-order chi connectivity index (χ0) is 19.5. The molecule has 1 aliphatic heterocycles. The van der Waals surface area contributed by atoms with E-state index < -0.39 is 0 Å². The highest BCUT2D eigenvalue weighted by molar-refractivity contribution is 5.99. The predicted octanol–water partition coefficient (Wildman–Crippen LogP) is 5.74. The van der Waals surface area contributed by atoms with Gasteiger partial charge in [-0.1, -0.05) is 90.5 Å². The Labute approximate surface area is 166 Å². The molecule has 0 fully saturated rings. The molecule has 1 heterocycles. The molecule has 0 unspecified atom stereocenters. The summed E-state index contributed by atoms with van der Waals surface area (Å²) in [6, 6.07) is 29.0. The fourth-order valence-electron chi connectivity index (χ4n) is 3.67. The maximum atomic E-state index is 12.8. The van der Waals surface area contributed by atoms with Crippen molar-refractivity contribution in [2.75, 3.05) is 0 Å². The average molecular weight is 365 g/mol. The monoisotopic (exact) mass is 365 g/mol. The first-order chi connectivity index (χ1) is 13.6. The molecule has 0 atom stereocenters. The van der Waals surface area contributed by atoms with Crippen LogP contribution in [0.25, 0.3) is 5.57 Å². The molecular formula is C26H23NO. The number of rotatable bonds is 4. The third kappa shape index (κ3) is 3.54. The number of nitrogens with zero attached hydrogens (tertiary/aromatic N) is 1. The SMILES string of the molecule is CC1=CC(=O)N(Cc2ccccc2)/C1=C(\c1ccccc1)c1ccc(C)cc1. The summed E-state index contributed by atoms with van der Waals surface area (Å²) in [5.74, 6) is 0.0388. The highest BCUT2D eigenvalue weighted by Gasteiger charge is 2.29. The summed E-state index contributed by atoms with van der Waals surface area (Å²) < 4.78 is 0. The number of allylic oxidation sites excluding steroid dienone is 1. The lowest BCUT2D eigenvalue weighted by atomic mass is 9.93. The van der Waals surface area contributed by atoms with Gasteiger partial charge in [-0.05, 0) is 36.1 Å². The molecule has 28 heavy (non-hydrogen) atoms. The number of amides is 1. The first-order valence-electron chi connectivity index (χ1n) is 9.54. The van der Waals surface area contributed by atoms with Crippen LogP contribution in [0.3, 0.4) is 0 Å². The fourth-order valence-corrected chi connectivity index (χ4v) is 3.67. The Morgan fingerprint density at radius 1 is 0.750 bits per heavy atom. The molecule has 2 nitrogen and oxygen atoms in total.